The lowest BCUT2D eigenvalue weighted by Crippen LogP contribution is -2.53. The zero-order chi connectivity index (χ0) is 15.9. The van der Waals surface area contributed by atoms with Gasteiger partial charge in [-0.1, -0.05) is 13.0 Å². The summed E-state index contributed by atoms with van der Waals surface area (Å²) in [6.07, 6.45) is -1.35. The lowest BCUT2D eigenvalue weighted by atomic mass is 10.1. The van der Waals surface area contributed by atoms with Gasteiger partial charge in [0.25, 0.3) is 6.43 Å². The van der Waals surface area contributed by atoms with Crippen LogP contribution in [-0.2, 0) is 6.42 Å². The lowest BCUT2D eigenvalue weighted by molar-refractivity contribution is 0.0635. The number of nitrogens with one attached hydrogen (secondary N) is 1. The van der Waals surface area contributed by atoms with Crippen molar-refractivity contribution < 1.29 is 13.6 Å². The third-order valence-corrected chi connectivity index (χ3v) is 4.69. The van der Waals surface area contributed by atoms with Gasteiger partial charge in [0.1, 0.15) is 0 Å². The summed E-state index contributed by atoms with van der Waals surface area (Å²) in [5.74, 6) is 0.378. The van der Waals surface area contributed by atoms with Gasteiger partial charge in [-0.05, 0) is 23.8 Å². The van der Waals surface area contributed by atoms with Gasteiger partial charge >= 0.3 is 6.03 Å². The average molecular weight is 331 g/mol. The van der Waals surface area contributed by atoms with E-state index in [1.807, 2.05) is 6.07 Å². The third-order valence-electron chi connectivity index (χ3n) is 3.79. The first-order chi connectivity index (χ1) is 10.5. The van der Waals surface area contributed by atoms with Crippen LogP contribution in [0.1, 0.15) is 11.8 Å². The number of nitrogens with zero attached hydrogens (tertiary/aromatic N) is 2. The zero-order valence-corrected chi connectivity index (χ0v) is 13.6. The smallest absolute Gasteiger partial charge is 0.317 e. The van der Waals surface area contributed by atoms with Crippen molar-refractivity contribution in [3.8, 4) is 0 Å². The van der Waals surface area contributed by atoms with E-state index in [1.165, 1.54) is 4.88 Å². The van der Waals surface area contributed by atoms with Crippen LogP contribution in [0.3, 0.4) is 0 Å². The predicted molar refractivity (Wildman–Crippen MR) is 84.6 cm³/mol. The van der Waals surface area contributed by atoms with Crippen LogP contribution < -0.4 is 5.32 Å². The molecular weight excluding hydrogens is 308 g/mol. The van der Waals surface area contributed by atoms with Gasteiger partial charge < -0.3 is 10.2 Å². The molecule has 1 aliphatic rings. The van der Waals surface area contributed by atoms with Crippen LogP contribution in [-0.4, -0.2) is 61.5 Å². The van der Waals surface area contributed by atoms with E-state index in [9.17, 15) is 13.6 Å². The molecule has 7 heteroatoms. The molecule has 2 rings (SSSR count). The Morgan fingerprint density at radius 2 is 2.09 bits per heavy atom. The zero-order valence-electron chi connectivity index (χ0n) is 12.8. The van der Waals surface area contributed by atoms with Gasteiger partial charge in [-0.15, -0.1) is 11.3 Å². The molecule has 124 valence electrons. The molecule has 0 aliphatic carbocycles. The number of alkyl halides is 2. The molecule has 1 saturated heterocycles. The quantitative estimate of drug-likeness (QED) is 0.869. The molecule has 1 aliphatic heterocycles. The summed E-state index contributed by atoms with van der Waals surface area (Å²) in [6, 6.07) is 4.05. The molecule has 1 atom stereocenters. The highest BCUT2D eigenvalue weighted by molar-refractivity contribution is 7.09. The van der Waals surface area contributed by atoms with Gasteiger partial charge in [0.05, 0.1) is 6.54 Å². The van der Waals surface area contributed by atoms with Crippen molar-refractivity contribution in [2.45, 2.75) is 19.8 Å². The number of urea groups is 1. The summed E-state index contributed by atoms with van der Waals surface area (Å²) in [6.45, 7) is 4.60. The molecule has 0 radical (unpaired) electrons. The summed E-state index contributed by atoms with van der Waals surface area (Å²) < 4.78 is 24.6. The monoisotopic (exact) mass is 331 g/mol. The van der Waals surface area contributed by atoms with Crippen molar-refractivity contribution >= 4 is 17.4 Å². The molecule has 22 heavy (non-hydrogen) atoms. The highest BCUT2D eigenvalue weighted by atomic mass is 32.1. The molecule has 4 nitrogen and oxygen atoms in total. The molecule has 2 heterocycles. The van der Waals surface area contributed by atoms with Crippen LogP contribution >= 0.6 is 11.3 Å². The first kappa shape index (κ1) is 17.1. The van der Waals surface area contributed by atoms with Crippen LogP contribution in [0.5, 0.6) is 0 Å². The van der Waals surface area contributed by atoms with E-state index in [1.54, 1.807) is 21.1 Å². The highest BCUT2D eigenvalue weighted by Gasteiger charge is 2.22. The summed E-state index contributed by atoms with van der Waals surface area (Å²) in [5.41, 5.74) is 0. The summed E-state index contributed by atoms with van der Waals surface area (Å²) in [5, 5.41) is 5.00. The maximum absolute atomic E-state index is 12.3. The highest BCUT2D eigenvalue weighted by Crippen LogP contribution is 2.14. The minimum Gasteiger partial charge on any atom is -0.338 e. The number of halogens is 2. The molecule has 1 aromatic rings. The molecule has 0 bridgehead atoms. The molecule has 1 aromatic heterocycles. The normalized spacial score (nSPS) is 17.7. The van der Waals surface area contributed by atoms with Crippen molar-refractivity contribution in [2.75, 3.05) is 39.3 Å². The van der Waals surface area contributed by atoms with Crippen LogP contribution in [0.15, 0.2) is 17.5 Å². The molecular formula is C15H23F2N3OS. The molecule has 2 amide bonds. The first-order valence-electron chi connectivity index (χ1n) is 7.60. The number of piperazine rings is 1. The third kappa shape index (κ3) is 5.53. The molecule has 1 fully saturated rings. The molecule has 0 saturated carbocycles. The predicted octanol–water partition coefficient (Wildman–Crippen LogP) is 2.52. The van der Waals surface area contributed by atoms with Crippen LogP contribution in [0.2, 0.25) is 0 Å². The van der Waals surface area contributed by atoms with Crippen molar-refractivity contribution in [1.29, 1.82) is 0 Å². The Labute approximate surface area is 134 Å². The van der Waals surface area contributed by atoms with E-state index in [2.05, 4.69) is 23.7 Å². The number of amides is 2. The van der Waals surface area contributed by atoms with Crippen molar-refractivity contribution in [3.63, 3.8) is 0 Å². The van der Waals surface area contributed by atoms with E-state index < -0.39 is 6.43 Å². The Kier molecular flexibility index (Phi) is 6.57. The number of rotatable bonds is 6. The Balaban J connectivity index is 1.65. The van der Waals surface area contributed by atoms with Crippen LogP contribution in [0, 0.1) is 5.92 Å². The lowest BCUT2D eigenvalue weighted by Gasteiger charge is -2.34. The SMILES string of the molecule is C[C@H](CNC(=O)N1CCN(CC(F)F)CC1)Cc1cccs1. The minimum atomic E-state index is -2.31. The Hall–Kier alpha value is -1.21. The fourth-order valence-corrected chi connectivity index (χ4v) is 3.42. The first-order valence-corrected chi connectivity index (χ1v) is 8.48. The van der Waals surface area contributed by atoms with Gasteiger partial charge in [-0.3, -0.25) is 4.90 Å². The fraction of sp³-hybridized carbons (Fsp3) is 0.667. The van der Waals surface area contributed by atoms with Crippen LogP contribution in [0.4, 0.5) is 13.6 Å². The van der Waals surface area contributed by atoms with E-state index in [-0.39, 0.29) is 12.6 Å². The maximum Gasteiger partial charge on any atom is 0.317 e. The summed E-state index contributed by atoms with van der Waals surface area (Å²) in [4.78, 5) is 16.8. The second-order valence-corrected chi connectivity index (χ2v) is 6.79. The molecule has 0 spiro atoms. The van der Waals surface area contributed by atoms with Gasteiger partial charge in [0.2, 0.25) is 0 Å². The van der Waals surface area contributed by atoms with Gasteiger partial charge in [0, 0.05) is 37.6 Å². The van der Waals surface area contributed by atoms with Gasteiger partial charge in [0.15, 0.2) is 0 Å². The van der Waals surface area contributed by atoms with Crippen molar-refractivity contribution in [3.05, 3.63) is 22.4 Å². The number of thiophene rings is 1. The second-order valence-electron chi connectivity index (χ2n) is 5.75. The Morgan fingerprint density at radius 1 is 1.36 bits per heavy atom. The maximum atomic E-state index is 12.3. The topological polar surface area (TPSA) is 35.6 Å². The van der Waals surface area contributed by atoms with E-state index in [4.69, 9.17) is 0 Å². The van der Waals surface area contributed by atoms with Crippen LogP contribution in [0.25, 0.3) is 0 Å². The summed E-state index contributed by atoms with van der Waals surface area (Å²) in [7, 11) is 0. The molecule has 0 unspecified atom stereocenters. The van der Waals surface area contributed by atoms with E-state index in [0.29, 0.717) is 38.6 Å². The largest absolute Gasteiger partial charge is 0.338 e. The number of hydrogen-bond acceptors (Lipinski definition) is 3. The molecule has 0 aromatic carbocycles. The minimum absolute atomic E-state index is 0.0882. The van der Waals surface area contributed by atoms with Crippen molar-refractivity contribution in [2.24, 2.45) is 5.92 Å². The second kappa shape index (κ2) is 8.43. The fourth-order valence-electron chi connectivity index (χ4n) is 2.55. The van der Waals surface area contributed by atoms with E-state index in [0.717, 1.165) is 6.42 Å². The van der Waals surface area contributed by atoms with Gasteiger partial charge in [-0.25, -0.2) is 13.6 Å². The van der Waals surface area contributed by atoms with Gasteiger partial charge in [-0.2, -0.15) is 0 Å². The Bertz CT molecular complexity index is 448. The number of hydrogen-bond donors (Lipinski definition) is 1. The Morgan fingerprint density at radius 3 is 2.68 bits per heavy atom. The van der Waals surface area contributed by atoms with Crippen molar-refractivity contribution in [1.82, 2.24) is 15.1 Å². The summed E-state index contributed by atoms with van der Waals surface area (Å²) >= 11 is 1.73. The average Bonchev–Trinajstić information content (AvgIpc) is 2.98. The number of carbonyl (C=O) groups is 1. The standard InChI is InChI=1S/C15H23F2N3OS/c1-12(9-13-3-2-8-22-13)10-18-15(21)20-6-4-19(5-7-20)11-14(16)17/h2-3,8,12,14H,4-7,9-11H2,1H3,(H,18,21)/t12-/m0/s1. The molecule has 1 N–H and O–H groups in total. The van der Waals surface area contributed by atoms with E-state index >= 15 is 0 Å². The number of carbonyl (C=O) groups excluding carboxylic acids is 1.